The molecule has 0 aliphatic carbocycles. The Balaban J connectivity index is 1.55. The Morgan fingerprint density at radius 2 is 1.84 bits per heavy atom. The first kappa shape index (κ1) is 24.4. The zero-order chi connectivity index (χ0) is 26.2. The van der Waals surface area contributed by atoms with E-state index in [2.05, 4.69) is 41.7 Å². The molecule has 192 valence electrons. The molecule has 0 bridgehead atoms. The first-order valence-electron chi connectivity index (χ1n) is 12.3. The van der Waals surface area contributed by atoms with E-state index in [1.165, 1.54) is 0 Å². The molecule has 1 amide bonds. The van der Waals surface area contributed by atoms with E-state index < -0.39 is 0 Å². The van der Waals surface area contributed by atoms with Crippen molar-refractivity contribution in [1.29, 1.82) is 0 Å². The molecule has 0 radical (unpaired) electrons. The van der Waals surface area contributed by atoms with Crippen molar-refractivity contribution in [2.45, 2.75) is 39.3 Å². The Morgan fingerprint density at radius 3 is 2.57 bits per heavy atom. The predicted molar refractivity (Wildman–Crippen MR) is 146 cm³/mol. The van der Waals surface area contributed by atoms with Crippen LogP contribution in [0.5, 0.6) is 11.5 Å². The smallest absolute Gasteiger partial charge is 0.253 e. The summed E-state index contributed by atoms with van der Waals surface area (Å²) in [6.07, 6.45) is 0.775. The van der Waals surface area contributed by atoms with Gasteiger partial charge in [0.25, 0.3) is 5.91 Å². The molecule has 4 N–H and O–H groups in total. The Kier molecular flexibility index (Phi) is 6.37. The Labute approximate surface area is 216 Å². The van der Waals surface area contributed by atoms with Gasteiger partial charge in [0.05, 0.1) is 25.3 Å². The second kappa shape index (κ2) is 9.65. The number of nitrogens with zero attached hydrogens (tertiary/aromatic N) is 2. The number of para-hydroxylation sites is 1. The van der Waals surface area contributed by atoms with Crippen LogP contribution in [0.3, 0.4) is 0 Å². The minimum Gasteiger partial charge on any atom is -0.497 e. The van der Waals surface area contributed by atoms with Crippen LogP contribution in [0.15, 0.2) is 42.5 Å². The van der Waals surface area contributed by atoms with E-state index in [4.69, 9.17) is 19.4 Å². The van der Waals surface area contributed by atoms with Gasteiger partial charge in [0.15, 0.2) is 11.6 Å². The molecule has 2 aromatic heterocycles. The van der Waals surface area contributed by atoms with E-state index >= 15 is 0 Å². The third-order valence-electron chi connectivity index (χ3n) is 6.22. The number of ether oxygens (including phenoxy) is 2. The van der Waals surface area contributed by atoms with Crippen molar-refractivity contribution in [2.24, 2.45) is 0 Å². The van der Waals surface area contributed by atoms with Crippen LogP contribution in [-0.2, 0) is 13.0 Å². The van der Waals surface area contributed by atoms with Gasteiger partial charge in [-0.2, -0.15) is 0 Å². The number of aromatic amines is 1. The Hall–Kier alpha value is -4.27. The highest BCUT2D eigenvalue weighted by Gasteiger charge is 2.22. The van der Waals surface area contributed by atoms with Gasteiger partial charge in [-0.15, -0.1) is 0 Å². The van der Waals surface area contributed by atoms with Crippen molar-refractivity contribution >= 4 is 28.6 Å². The van der Waals surface area contributed by atoms with E-state index in [9.17, 15) is 4.79 Å². The van der Waals surface area contributed by atoms with Crippen LogP contribution in [0.1, 0.15) is 42.4 Å². The number of carbonyl (C=O) groups is 1. The summed E-state index contributed by atoms with van der Waals surface area (Å²) in [6, 6.07) is 13.5. The van der Waals surface area contributed by atoms with Crippen LogP contribution >= 0.6 is 0 Å². The van der Waals surface area contributed by atoms with Gasteiger partial charge in [0.1, 0.15) is 17.0 Å². The van der Waals surface area contributed by atoms with Crippen LogP contribution in [0.4, 0.5) is 11.6 Å². The van der Waals surface area contributed by atoms with Gasteiger partial charge in [0.2, 0.25) is 0 Å². The minimum absolute atomic E-state index is 0.0504. The number of hydrogen-bond donors (Lipinski definition) is 4. The maximum atomic E-state index is 12.3. The zero-order valence-electron chi connectivity index (χ0n) is 21.8. The summed E-state index contributed by atoms with van der Waals surface area (Å²) in [5.41, 5.74) is 5.61. The molecule has 9 heteroatoms. The largest absolute Gasteiger partial charge is 0.497 e. The fraction of sp³-hybridized carbons (Fsp3) is 0.321. The molecule has 0 spiro atoms. The number of H-pyrrole nitrogens is 1. The van der Waals surface area contributed by atoms with Crippen LogP contribution in [0.25, 0.3) is 22.3 Å². The van der Waals surface area contributed by atoms with E-state index in [0.717, 1.165) is 51.5 Å². The van der Waals surface area contributed by atoms with Gasteiger partial charge in [-0.25, -0.2) is 9.97 Å². The van der Waals surface area contributed by atoms with Crippen molar-refractivity contribution in [3.05, 3.63) is 59.3 Å². The molecule has 0 saturated heterocycles. The fourth-order valence-electron chi connectivity index (χ4n) is 4.48. The molecule has 1 aliphatic heterocycles. The molecular formula is C28H32N6O3. The molecule has 0 atom stereocenters. The quantitative estimate of drug-likeness (QED) is 0.290. The molecule has 9 nitrogen and oxygen atoms in total. The number of aromatic nitrogens is 3. The normalized spacial score (nSPS) is 13.2. The van der Waals surface area contributed by atoms with E-state index in [-0.39, 0.29) is 11.4 Å². The summed E-state index contributed by atoms with van der Waals surface area (Å²) in [5, 5.41) is 9.85. The standard InChI is InChI=1S/C28H32N6O3/c1-28(2,3)34-26-25(30-15-16-9-10-17(36-4)13-23(16)37-5)32-21-8-6-7-18(24(21)33-26)22-14-19-20(31-22)11-12-29-27(19)35/h6-10,13-14,31H,11-12,15H2,1-5H3,(H,29,35)(H,30,32)(H,33,34). The van der Waals surface area contributed by atoms with Gasteiger partial charge in [-0.3, -0.25) is 4.79 Å². The summed E-state index contributed by atoms with van der Waals surface area (Å²) < 4.78 is 10.9. The van der Waals surface area contributed by atoms with Gasteiger partial charge in [-0.05, 0) is 45.0 Å². The summed E-state index contributed by atoms with van der Waals surface area (Å²) in [5.74, 6) is 2.70. The van der Waals surface area contributed by atoms with E-state index in [1.54, 1.807) is 14.2 Å². The topological polar surface area (TPSA) is 113 Å². The molecule has 5 rings (SSSR count). The lowest BCUT2D eigenvalue weighted by Crippen LogP contribution is -2.31. The first-order valence-corrected chi connectivity index (χ1v) is 12.3. The average Bonchev–Trinajstić information content (AvgIpc) is 3.31. The second-order valence-electron chi connectivity index (χ2n) is 10.1. The maximum absolute atomic E-state index is 12.3. The van der Waals surface area contributed by atoms with Crippen LogP contribution in [0, 0.1) is 0 Å². The summed E-state index contributed by atoms with van der Waals surface area (Å²) in [7, 11) is 3.28. The lowest BCUT2D eigenvalue weighted by atomic mass is 10.1. The van der Waals surface area contributed by atoms with Gasteiger partial charge in [-0.1, -0.05) is 12.1 Å². The highest BCUT2D eigenvalue weighted by molar-refractivity contribution is 6.00. The summed E-state index contributed by atoms with van der Waals surface area (Å²) in [6.45, 7) is 7.37. The molecule has 0 saturated carbocycles. The Bertz CT molecular complexity index is 1470. The number of hydrogen-bond acceptors (Lipinski definition) is 7. The highest BCUT2D eigenvalue weighted by atomic mass is 16.5. The number of fused-ring (bicyclic) bond motifs is 2. The molecule has 3 heterocycles. The number of methoxy groups -OCH3 is 2. The number of anilines is 2. The SMILES string of the molecule is COc1ccc(CNc2nc3cccc(-c4cc5c([nH]4)CCNC5=O)c3nc2NC(C)(C)C)c(OC)c1. The average molecular weight is 501 g/mol. The van der Waals surface area contributed by atoms with Crippen molar-refractivity contribution in [2.75, 3.05) is 31.4 Å². The lowest BCUT2D eigenvalue weighted by Gasteiger charge is -2.24. The Morgan fingerprint density at radius 1 is 1.00 bits per heavy atom. The molecule has 1 aliphatic rings. The van der Waals surface area contributed by atoms with Gasteiger partial charge in [0, 0.05) is 53.6 Å². The van der Waals surface area contributed by atoms with Crippen molar-refractivity contribution in [1.82, 2.24) is 20.3 Å². The highest BCUT2D eigenvalue weighted by Crippen LogP contribution is 2.33. The van der Waals surface area contributed by atoms with Crippen LogP contribution < -0.4 is 25.4 Å². The van der Waals surface area contributed by atoms with Crippen LogP contribution in [0.2, 0.25) is 0 Å². The van der Waals surface area contributed by atoms with E-state index in [0.29, 0.717) is 30.3 Å². The molecule has 4 aromatic rings. The second-order valence-corrected chi connectivity index (χ2v) is 10.1. The third-order valence-corrected chi connectivity index (χ3v) is 6.22. The number of carbonyl (C=O) groups excluding carboxylic acids is 1. The zero-order valence-corrected chi connectivity index (χ0v) is 21.8. The van der Waals surface area contributed by atoms with Crippen molar-refractivity contribution in [3.63, 3.8) is 0 Å². The summed E-state index contributed by atoms with van der Waals surface area (Å²) >= 11 is 0. The van der Waals surface area contributed by atoms with Crippen LogP contribution in [-0.4, -0.2) is 47.2 Å². The summed E-state index contributed by atoms with van der Waals surface area (Å²) in [4.78, 5) is 25.7. The first-order chi connectivity index (χ1) is 17.8. The van der Waals surface area contributed by atoms with Gasteiger partial charge < -0.3 is 30.4 Å². The monoisotopic (exact) mass is 500 g/mol. The molecule has 0 fully saturated rings. The maximum Gasteiger partial charge on any atom is 0.253 e. The fourth-order valence-corrected chi connectivity index (χ4v) is 4.48. The predicted octanol–water partition coefficient (Wildman–Crippen LogP) is 4.75. The van der Waals surface area contributed by atoms with Crippen molar-refractivity contribution < 1.29 is 14.3 Å². The van der Waals surface area contributed by atoms with Gasteiger partial charge >= 0.3 is 0 Å². The molecule has 2 aromatic carbocycles. The number of benzene rings is 2. The molecule has 0 unspecified atom stereocenters. The minimum atomic E-state index is -0.241. The number of amides is 1. The van der Waals surface area contributed by atoms with E-state index in [1.807, 2.05) is 42.5 Å². The lowest BCUT2D eigenvalue weighted by molar-refractivity contribution is 0.0946. The molecule has 37 heavy (non-hydrogen) atoms. The number of rotatable bonds is 7. The third kappa shape index (κ3) is 5.02. The van der Waals surface area contributed by atoms with Crippen molar-refractivity contribution in [3.8, 4) is 22.8 Å². The number of nitrogens with one attached hydrogen (secondary N) is 4. The molecular weight excluding hydrogens is 468 g/mol.